The predicted octanol–water partition coefficient (Wildman–Crippen LogP) is 3.46. The fourth-order valence-electron chi connectivity index (χ4n) is 2.28. The summed E-state index contributed by atoms with van der Waals surface area (Å²) in [6.45, 7) is 0. The lowest BCUT2D eigenvalue weighted by Gasteiger charge is -2.15. The minimum Gasteiger partial charge on any atom is -0.497 e. The van der Waals surface area contributed by atoms with Crippen LogP contribution in [0.5, 0.6) is 5.75 Å². The Morgan fingerprint density at radius 2 is 1.85 bits per heavy atom. The highest BCUT2D eigenvalue weighted by molar-refractivity contribution is 7.19. The summed E-state index contributed by atoms with van der Waals surface area (Å²) < 4.78 is 6.46. The zero-order valence-electron chi connectivity index (χ0n) is 11.2. The van der Waals surface area contributed by atoms with Crippen molar-refractivity contribution >= 4 is 21.4 Å². The van der Waals surface area contributed by atoms with Crippen molar-refractivity contribution in [2.24, 2.45) is 5.84 Å². The number of nitrogens with two attached hydrogens (primary N) is 1. The normalized spacial score (nSPS) is 12.5. The van der Waals surface area contributed by atoms with Gasteiger partial charge in [-0.1, -0.05) is 30.3 Å². The molecule has 20 heavy (non-hydrogen) atoms. The monoisotopic (exact) mass is 284 g/mol. The van der Waals surface area contributed by atoms with E-state index in [0.29, 0.717) is 0 Å². The fourth-order valence-corrected chi connectivity index (χ4v) is 3.44. The van der Waals surface area contributed by atoms with E-state index in [1.165, 1.54) is 15.0 Å². The van der Waals surface area contributed by atoms with Crippen molar-refractivity contribution in [2.45, 2.75) is 6.04 Å². The molecule has 0 amide bonds. The second-order valence-electron chi connectivity index (χ2n) is 4.56. The Morgan fingerprint density at radius 1 is 1.10 bits per heavy atom. The summed E-state index contributed by atoms with van der Waals surface area (Å²) in [5.74, 6) is 6.60. The second kappa shape index (κ2) is 5.63. The molecule has 0 bridgehead atoms. The Labute approximate surface area is 122 Å². The molecule has 0 fully saturated rings. The van der Waals surface area contributed by atoms with Gasteiger partial charge in [-0.15, -0.1) is 11.3 Å². The van der Waals surface area contributed by atoms with Crippen LogP contribution < -0.4 is 16.0 Å². The number of methoxy groups -OCH3 is 1. The molecule has 4 heteroatoms. The molecule has 3 nitrogen and oxygen atoms in total. The third kappa shape index (κ3) is 2.41. The smallest absolute Gasteiger partial charge is 0.118 e. The summed E-state index contributed by atoms with van der Waals surface area (Å²) in [6.07, 6.45) is 0. The highest BCUT2D eigenvalue weighted by Gasteiger charge is 2.15. The first kappa shape index (κ1) is 13.1. The molecule has 0 aliphatic heterocycles. The van der Waals surface area contributed by atoms with Crippen LogP contribution in [0.4, 0.5) is 0 Å². The van der Waals surface area contributed by atoms with Gasteiger partial charge in [0.1, 0.15) is 5.75 Å². The Balaban J connectivity index is 1.99. The van der Waals surface area contributed by atoms with Crippen LogP contribution in [0.2, 0.25) is 0 Å². The van der Waals surface area contributed by atoms with Crippen LogP contribution in [0.25, 0.3) is 10.1 Å². The van der Waals surface area contributed by atoms with Gasteiger partial charge in [-0.05, 0) is 35.2 Å². The Kier molecular flexibility index (Phi) is 3.69. The summed E-state index contributed by atoms with van der Waals surface area (Å²) in [5.41, 5.74) is 4.03. The number of hydrazine groups is 1. The van der Waals surface area contributed by atoms with Crippen molar-refractivity contribution in [1.82, 2.24) is 5.43 Å². The molecular formula is C16H16N2OS. The number of rotatable bonds is 4. The summed E-state index contributed by atoms with van der Waals surface area (Å²) >= 11 is 1.76. The minimum atomic E-state index is -0.00157. The van der Waals surface area contributed by atoms with Crippen LogP contribution >= 0.6 is 11.3 Å². The maximum absolute atomic E-state index is 5.75. The lowest BCUT2D eigenvalue weighted by atomic mass is 10.1. The van der Waals surface area contributed by atoms with Gasteiger partial charge in [-0.2, -0.15) is 0 Å². The van der Waals surface area contributed by atoms with Crippen molar-refractivity contribution in [3.05, 3.63) is 65.0 Å². The number of hydrogen-bond acceptors (Lipinski definition) is 4. The fraction of sp³-hybridized carbons (Fsp3) is 0.125. The molecule has 0 spiro atoms. The molecule has 3 aromatic rings. The largest absolute Gasteiger partial charge is 0.497 e. The zero-order chi connectivity index (χ0) is 13.9. The first-order valence-electron chi connectivity index (χ1n) is 6.40. The minimum absolute atomic E-state index is 0.00157. The molecule has 0 aliphatic rings. The lowest BCUT2D eigenvalue weighted by Crippen LogP contribution is -2.28. The Bertz CT molecular complexity index is 673. The quantitative estimate of drug-likeness (QED) is 0.570. The maximum Gasteiger partial charge on any atom is 0.118 e. The van der Waals surface area contributed by atoms with Crippen molar-refractivity contribution < 1.29 is 4.74 Å². The van der Waals surface area contributed by atoms with Gasteiger partial charge in [0, 0.05) is 9.58 Å². The zero-order valence-corrected chi connectivity index (χ0v) is 12.0. The van der Waals surface area contributed by atoms with Crippen molar-refractivity contribution in [3.63, 3.8) is 0 Å². The van der Waals surface area contributed by atoms with Gasteiger partial charge in [0.2, 0.25) is 0 Å². The molecule has 3 N–H and O–H groups in total. The molecule has 0 saturated heterocycles. The van der Waals surface area contributed by atoms with E-state index in [2.05, 4.69) is 35.8 Å². The average Bonchev–Trinajstić information content (AvgIpc) is 2.92. The van der Waals surface area contributed by atoms with E-state index in [4.69, 9.17) is 10.6 Å². The first-order chi connectivity index (χ1) is 9.81. The number of hydrogen-bond donors (Lipinski definition) is 2. The second-order valence-corrected chi connectivity index (χ2v) is 5.67. The number of fused-ring (bicyclic) bond motifs is 1. The molecule has 3 rings (SSSR count). The number of ether oxygens (including phenoxy) is 1. The van der Waals surface area contributed by atoms with Crippen LogP contribution in [0.3, 0.4) is 0 Å². The van der Waals surface area contributed by atoms with E-state index in [9.17, 15) is 0 Å². The van der Waals surface area contributed by atoms with Gasteiger partial charge < -0.3 is 4.74 Å². The molecule has 1 aromatic heterocycles. The van der Waals surface area contributed by atoms with Crippen LogP contribution in [0, 0.1) is 0 Å². The molecule has 0 aliphatic carbocycles. The van der Waals surface area contributed by atoms with Gasteiger partial charge in [-0.3, -0.25) is 5.84 Å². The third-order valence-corrected chi connectivity index (χ3v) is 4.53. The molecule has 1 heterocycles. The summed E-state index contributed by atoms with van der Waals surface area (Å²) in [4.78, 5) is 1.21. The molecule has 2 aromatic carbocycles. The summed E-state index contributed by atoms with van der Waals surface area (Å²) in [6, 6.07) is 18.5. The Morgan fingerprint density at radius 3 is 2.50 bits per heavy atom. The van der Waals surface area contributed by atoms with Crippen molar-refractivity contribution in [1.29, 1.82) is 0 Å². The standard InChI is InChI=1S/C16H16N2OS/c1-19-13-8-6-11(7-9-13)16(18-17)15-10-12-4-2-3-5-14(12)20-15/h2-10,16,18H,17H2,1H3. The van der Waals surface area contributed by atoms with Crippen molar-refractivity contribution in [2.75, 3.05) is 7.11 Å². The highest BCUT2D eigenvalue weighted by atomic mass is 32.1. The Hall–Kier alpha value is -1.88. The maximum atomic E-state index is 5.75. The van der Waals surface area contributed by atoms with E-state index >= 15 is 0 Å². The van der Waals surface area contributed by atoms with E-state index in [-0.39, 0.29) is 6.04 Å². The molecular weight excluding hydrogens is 268 g/mol. The first-order valence-corrected chi connectivity index (χ1v) is 7.22. The van der Waals surface area contributed by atoms with Gasteiger partial charge in [0.15, 0.2) is 0 Å². The van der Waals surface area contributed by atoms with Crippen LogP contribution in [0.1, 0.15) is 16.5 Å². The number of nitrogens with one attached hydrogen (secondary N) is 1. The molecule has 0 saturated carbocycles. The number of thiophene rings is 1. The summed E-state index contributed by atoms with van der Waals surface area (Å²) in [5, 5.41) is 1.25. The van der Waals surface area contributed by atoms with Gasteiger partial charge in [0.05, 0.1) is 13.2 Å². The molecule has 1 atom stereocenters. The van der Waals surface area contributed by atoms with Crippen LogP contribution in [0.15, 0.2) is 54.6 Å². The lowest BCUT2D eigenvalue weighted by molar-refractivity contribution is 0.414. The predicted molar refractivity (Wildman–Crippen MR) is 84.0 cm³/mol. The summed E-state index contributed by atoms with van der Waals surface area (Å²) in [7, 11) is 1.67. The average molecular weight is 284 g/mol. The van der Waals surface area contributed by atoms with Crippen molar-refractivity contribution in [3.8, 4) is 5.75 Å². The molecule has 1 unspecified atom stereocenters. The van der Waals surface area contributed by atoms with E-state index in [0.717, 1.165) is 11.3 Å². The van der Waals surface area contributed by atoms with E-state index in [1.54, 1.807) is 18.4 Å². The topological polar surface area (TPSA) is 47.3 Å². The van der Waals surface area contributed by atoms with Gasteiger partial charge >= 0.3 is 0 Å². The van der Waals surface area contributed by atoms with Gasteiger partial charge in [0.25, 0.3) is 0 Å². The molecule has 102 valence electrons. The molecule has 0 radical (unpaired) electrons. The number of benzene rings is 2. The van der Waals surface area contributed by atoms with Gasteiger partial charge in [-0.25, -0.2) is 5.43 Å². The van der Waals surface area contributed by atoms with Crippen LogP contribution in [-0.4, -0.2) is 7.11 Å². The van der Waals surface area contributed by atoms with E-state index < -0.39 is 0 Å². The third-order valence-electron chi connectivity index (χ3n) is 3.34. The highest BCUT2D eigenvalue weighted by Crippen LogP contribution is 2.33. The van der Waals surface area contributed by atoms with E-state index in [1.807, 2.05) is 24.3 Å². The van der Waals surface area contributed by atoms with Crippen LogP contribution in [-0.2, 0) is 0 Å². The SMILES string of the molecule is COc1ccc(C(NN)c2cc3ccccc3s2)cc1.